The molecule has 0 atom stereocenters. The molecule has 26 heavy (non-hydrogen) atoms. The Balaban J connectivity index is 1.58. The van der Waals surface area contributed by atoms with Gasteiger partial charge < -0.3 is 4.57 Å². The molecule has 0 fully saturated rings. The molecule has 1 heterocycles. The van der Waals surface area contributed by atoms with Gasteiger partial charge in [0.15, 0.2) is 4.80 Å². The maximum Gasteiger partial charge on any atom is 0.249 e. The normalized spacial score (nSPS) is 12.1. The first-order chi connectivity index (χ1) is 12.7. The van der Waals surface area contributed by atoms with Gasteiger partial charge in [0.25, 0.3) is 0 Å². The lowest BCUT2D eigenvalue weighted by molar-refractivity contribution is -0.117. The summed E-state index contributed by atoms with van der Waals surface area (Å²) in [4.78, 5) is 18.6. The van der Waals surface area contributed by atoms with Gasteiger partial charge in [0.2, 0.25) is 5.91 Å². The first-order valence-corrected chi connectivity index (χ1v) is 10.3. The van der Waals surface area contributed by atoms with Crippen LogP contribution in [0.2, 0.25) is 0 Å². The van der Waals surface area contributed by atoms with E-state index in [2.05, 4.69) is 41.4 Å². The number of fused-ring (bicyclic) bond motifs is 3. The molecule has 0 N–H and O–H groups in total. The predicted molar refractivity (Wildman–Crippen MR) is 111 cm³/mol. The number of nitrogens with zero attached hydrogens (tertiary/aromatic N) is 2. The first-order valence-electron chi connectivity index (χ1n) is 8.45. The number of rotatable bonds is 4. The lowest BCUT2D eigenvalue weighted by Gasteiger charge is -2.01. The zero-order valence-electron chi connectivity index (χ0n) is 14.4. The van der Waals surface area contributed by atoms with Gasteiger partial charge >= 0.3 is 0 Å². The highest BCUT2D eigenvalue weighted by Gasteiger charge is 2.08. The Morgan fingerprint density at radius 1 is 1.04 bits per heavy atom. The molecule has 3 aromatic carbocycles. The van der Waals surface area contributed by atoms with E-state index in [0.717, 1.165) is 20.8 Å². The number of aromatic nitrogens is 1. The minimum Gasteiger partial charge on any atom is -0.319 e. The summed E-state index contributed by atoms with van der Waals surface area (Å²) in [5.41, 5.74) is 1.14. The van der Waals surface area contributed by atoms with Gasteiger partial charge in [-0.15, -0.1) is 11.8 Å². The minimum atomic E-state index is -0.0695. The Morgan fingerprint density at radius 2 is 1.81 bits per heavy atom. The maximum absolute atomic E-state index is 12.3. The van der Waals surface area contributed by atoms with Crippen molar-refractivity contribution in [2.75, 3.05) is 5.75 Å². The second kappa shape index (κ2) is 7.48. The van der Waals surface area contributed by atoms with E-state index in [0.29, 0.717) is 6.42 Å². The molecule has 5 heteroatoms. The number of hydrogen-bond donors (Lipinski definition) is 0. The molecule has 1 aromatic heterocycles. The van der Waals surface area contributed by atoms with E-state index >= 15 is 0 Å². The van der Waals surface area contributed by atoms with Crippen molar-refractivity contribution in [2.45, 2.75) is 11.3 Å². The van der Waals surface area contributed by atoms with Crippen LogP contribution in [-0.2, 0) is 11.8 Å². The largest absolute Gasteiger partial charge is 0.319 e. The van der Waals surface area contributed by atoms with Crippen LogP contribution in [-0.4, -0.2) is 16.2 Å². The van der Waals surface area contributed by atoms with Crippen molar-refractivity contribution in [2.24, 2.45) is 12.0 Å². The van der Waals surface area contributed by atoms with Crippen molar-refractivity contribution >= 4 is 50.0 Å². The van der Waals surface area contributed by atoms with Crippen LogP contribution in [0.5, 0.6) is 0 Å². The van der Waals surface area contributed by atoms with Gasteiger partial charge in [-0.2, -0.15) is 4.99 Å². The summed E-state index contributed by atoms with van der Waals surface area (Å²) in [6, 6.07) is 22.7. The molecular formula is C21H18N2OS2. The Hall–Kier alpha value is -2.37. The van der Waals surface area contributed by atoms with Gasteiger partial charge in [0.05, 0.1) is 10.2 Å². The van der Waals surface area contributed by atoms with E-state index in [-0.39, 0.29) is 5.91 Å². The molecule has 0 unspecified atom stereocenters. The number of benzene rings is 3. The van der Waals surface area contributed by atoms with Crippen LogP contribution in [0.4, 0.5) is 0 Å². The molecule has 3 nitrogen and oxygen atoms in total. The topological polar surface area (TPSA) is 34.4 Å². The molecule has 1 amide bonds. The number of hydrogen-bond acceptors (Lipinski definition) is 3. The first kappa shape index (κ1) is 17.1. The summed E-state index contributed by atoms with van der Waals surface area (Å²) in [7, 11) is 1.98. The van der Waals surface area contributed by atoms with Crippen molar-refractivity contribution in [1.82, 2.24) is 4.57 Å². The molecular weight excluding hydrogens is 360 g/mol. The molecule has 4 aromatic rings. The summed E-state index contributed by atoms with van der Waals surface area (Å²) >= 11 is 3.25. The van der Waals surface area contributed by atoms with Gasteiger partial charge in [-0.1, -0.05) is 59.9 Å². The summed E-state index contributed by atoms with van der Waals surface area (Å²) < 4.78 is 3.18. The molecule has 0 radical (unpaired) electrons. The number of carbonyl (C=O) groups is 1. The van der Waals surface area contributed by atoms with Crippen molar-refractivity contribution in [3.8, 4) is 0 Å². The predicted octanol–water partition coefficient (Wildman–Crippen LogP) is 5.00. The Bertz CT molecular complexity index is 1140. The standard InChI is InChI=1S/C21H18N2OS2/c1-23-20-17-10-6-5-7-15(17)11-12-18(20)26-21(23)22-19(24)13-14-25-16-8-3-2-4-9-16/h2-12H,13-14H2,1H3. The Labute approximate surface area is 160 Å². The van der Waals surface area contributed by atoms with Crippen molar-refractivity contribution < 1.29 is 4.79 Å². The zero-order valence-corrected chi connectivity index (χ0v) is 16.0. The van der Waals surface area contributed by atoms with Crippen molar-refractivity contribution in [3.05, 3.63) is 71.5 Å². The quantitative estimate of drug-likeness (QED) is 0.468. The van der Waals surface area contributed by atoms with Crippen LogP contribution in [0.3, 0.4) is 0 Å². The third kappa shape index (κ3) is 3.45. The van der Waals surface area contributed by atoms with Crippen LogP contribution in [0, 0.1) is 0 Å². The highest BCUT2D eigenvalue weighted by Crippen LogP contribution is 2.26. The van der Waals surface area contributed by atoms with E-state index in [1.807, 2.05) is 41.9 Å². The number of thioether (sulfide) groups is 1. The highest BCUT2D eigenvalue weighted by molar-refractivity contribution is 7.99. The van der Waals surface area contributed by atoms with Crippen LogP contribution in [0.1, 0.15) is 6.42 Å². The van der Waals surface area contributed by atoms with Gasteiger partial charge in [0, 0.05) is 29.5 Å². The summed E-state index contributed by atoms with van der Waals surface area (Å²) in [5.74, 6) is 0.670. The smallest absolute Gasteiger partial charge is 0.249 e. The number of amides is 1. The average molecular weight is 379 g/mol. The summed E-state index contributed by atoms with van der Waals surface area (Å²) in [6.07, 6.45) is 0.439. The average Bonchev–Trinajstić information content (AvgIpc) is 2.98. The fourth-order valence-electron chi connectivity index (χ4n) is 2.96. The van der Waals surface area contributed by atoms with Gasteiger partial charge in [0.1, 0.15) is 0 Å². The van der Waals surface area contributed by atoms with Crippen LogP contribution in [0.25, 0.3) is 21.0 Å². The van der Waals surface area contributed by atoms with Crippen LogP contribution in [0.15, 0.2) is 76.6 Å². The molecule has 0 saturated heterocycles. The molecule has 0 spiro atoms. The second-order valence-electron chi connectivity index (χ2n) is 5.99. The van der Waals surface area contributed by atoms with Gasteiger partial charge in [-0.25, -0.2) is 0 Å². The molecule has 0 aliphatic heterocycles. The number of thiazole rings is 1. The molecule has 0 saturated carbocycles. The third-order valence-electron chi connectivity index (χ3n) is 4.24. The van der Waals surface area contributed by atoms with E-state index in [1.165, 1.54) is 15.7 Å². The van der Waals surface area contributed by atoms with Gasteiger partial charge in [-0.05, 0) is 23.6 Å². The lowest BCUT2D eigenvalue weighted by atomic mass is 10.1. The number of aryl methyl sites for hydroxylation is 1. The summed E-state index contributed by atoms with van der Waals surface area (Å²) in [6.45, 7) is 0. The molecule has 0 aliphatic rings. The fraction of sp³-hybridized carbons (Fsp3) is 0.143. The third-order valence-corrected chi connectivity index (χ3v) is 6.35. The van der Waals surface area contributed by atoms with Crippen LogP contribution < -0.4 is 4.80 Å². The molecule has 0 bridgehead atoms. The van der Waals surface area contributed by atoms with Crippen LogP contribution >= 0.6 is 23.1 Å². The SMILES string of the molecule is Cn1c(=NC(=O)CCSc2ccccc2)sc2ccc3ccccc3c21. The fourth-order valence-corrected chi connectivity index (χ4v) is 4.87. The second-order valence-corrected chi connectivity index (χ2v) is 8.17. The monoisotopic (exact) mass is 378 g/mol. The molecule has 0 aliphatic carbocycles. The minimum absolute atomic E-state index is 0.0695. The number of carbonyl (C=O) groups excluding carboxylic acids is 1. The summed E-state index contributed by atoms with van der Waals surface area (Å²) in [5, 5.41) is 2.39. The molecule has 4 rings (SSSR count). The Morgan fingerprint density at radius 3 is 2.65 bits per heavy atom. The van der Waals surface area contributed by atoms with Gasteiger partial charge in [-0.3, -0.25) is 4.79 Å². The lowest BCUT2D eigenvalue weighted by Crippen LogP contribution is -2.13. The van der Waals surface area contributed by atoms with E-state index in [4.69, 9.17) is 0 Å². The zero-order chi connectivity index (χ0) is 17.9. The highest BCUT2D eigenvalue weighted by atomic mass is 32.2. The maximum atomic E-state index is 12.3. The van der Waals surface area contributed by atoms with E-state index in [9.17, 15) is 4.79 Å². The molecule has 130 valence electrons. The Kier molecular flexibility index (Phi) is 4.91. The van der Waals surface area contributed by atoms with Crippen molar-refractivity contribution in [3.63, 3.8) is 0 Å². The van der Waals surface area contributed by atoms with E-state index < -0.39 is 0 Å². The van der Waals surface area contributed by atoms with Crippen molar-refractivity contribution in [1.29, 1.82) is 0 Å². The van der Waals surface area contributed by atoms with E-state index in [1.54, 1.807) is 23.1 Å².